The maximum Gasteiger partial charge on any atom is 0.243 e. The van der Waals surface area contributed by atoms with Crippen molar-refractivity contribution in [1.29, 1.82) is 0 Å². The predicted molar refractivity (Wildman–Crippen MR) is 91.3 cm³/mol. The molecule has 0 aromatic heterocycles. The highest BCUT2D eigenvalue weighted by Gasteiger charge is 2.55. The van der Waals surface area contributed by atoms with E-state index in [1.807, 2.05) is 24.3 Å². The summed E-state index contributed by atoms with van der Waals surface area (Å²) in [4.78, 5) is 14.4. The van der Waals surface area contributed by atoms with Gasteiger partial charge in [-0.15, -0.1) is 0 Å². The van der Waals surface area contributed by atoms with Crippen LogP contribution in [-0.2, 0) is 20.2 Å². The lowest BCUT2D eigenvalue weighted by molar-refractivity contribution is -0.122. The lowest BCUT2D eigenvalue weighted by Gasteiger charge is -2.23. The van der Waals surface area contributed by atoms with Crippen LogP contribution in [0.4, 0.5) is 10.1 Å². The summed E-state index contributed by atoms with van der Waals surface area (Å²) in [7, 11) is -2.14. The third-order valence-corrected chi connectivity index (χ3v) is 7.00. The molecule has 25 heavy (non-hydrogen) atoms. The van der Waals surface area contributed by atoms with Crippen LogP contribution in [0.5, 0.6) is 0 Å². The summed E-state index contributed by atoms with van der Waals surface area (Å²) in [5.41, 5.74) is 0.822. The van der Waals surface area contributed by atoms with Crippen LogP contribution in [0, 0.1) is 5.82 Å². The molecule has 2 aliphatic heterocycles. The molecule has 2 heterocycles. The number of sulfonamides is 1. The van der Waals surface area contributed by atoms with Crippen LogP contribution in [0.3, 0.4) is 0 Å². The molecule has 1 saturated heterocycles. The molecule has 0 unspecified atom stereocenters. The molecule has 4 rings (SSSR count). The summed E-state index contributed by atoms with van der Waals surface area (Å²) >= 11 is 0. The molecule has 130 valence electrons. The van der Waals surface area contributed by atoms with Crippen LogP contribution < -0.4 is 4.90 Å². The second-order valence-corrected chi connectivity index (χ2v) is 8.45. The minimum atomic E-state index is -3.85. The maximum atomic E-state index is 13.4. The number of anilines is 1. The van der Waals surface area contributed by atoms with Gasteiger partial charge in [-0.25, -0.2) is 12.8 Å². The van der Waals surface area contributed by atoms with Gasteiger partial charge in [0.15, 0.2) is 0 Å². The molecule has 0 bridgehead atoms. The van der Waals surface area contributed by atoms with E-state index in [0.717, 1.165) is 17.3 Å². The van der Waals surface area contributed by atoms with E-state index < -0.39 is 21.3 Å². The number of rotatable bonds is 2. The van der Waals surface area contributed by atoms with Gasteiger partial charge in [0.25, 0.3) is 0 Å². The largest absolute Gasteiger partial charge is 0.314 e. The van der Waals surface area contributed by atoms with E-state index in [1.54, 1.807) is 11.9 Å². The molecular formula is C18H17FN2O3S. The quantitative estimate of drug-likeness (QED) is 0.824. The van der Waals surface area contributed by atoms with E-state index in [1.165, 1.54) is 22.5 Å². The Balaban J connectivity index is 1.74. The molecule has 0 aliphatic carbocycles. The Labute approximate surface area is 145 Å². The van der Waals surface area contributed by atoms with Crippen LogP contribution in [0.25, 0.3) is 0 Å². The number of likely N-dealkylation sites (N-methyl/N-ethyl adjacent to an activating group) is 1. The summed E-state index contributed by atoms with van der Waals surface area (Å²) in [5.74, 6) is -0.692. The third kappa shape index (κ3) is 2.22. The number of nitrogens with zero attached hydrogens (tertiary/aromatic N) is 2. The van der Waals surface area contributed by atoms with Gasteiger partial charge in [-0.1, -0.05) is 24.3 Å². The number of hydrogen-bond acceptors (Lipinski definition) is 3. The van der Waals surface area contributed by atoms with Crippen molar-refractivity contribution in [3.63, 3.8) is 0 Å². The number of hydrogen-bond donors (Lipinski definition) is 0. The molecule has 1 amide bonds. The van der Waals surface area contributed by atoms with Gasteiger partial charge < -0.3 is 4.90 Å². The van der Waals surface area contributed by atoms with Crippen LogP contribution in [0.15, 0.2) is 53.4 Å². The lowest BCUT2D eigenvalue weighted by Crippen LogP contribution is -2.42. The summed E-state index contributed by atoms with van der Waals surface area (Å²) in [6.45, 7) is 0.304. The minimum absolute atomic E-state index is 0.0754. The maximum absolute atomic E-state index is 13.4. The van der Waals surface area contributed by atoms with Crippen LogP contribution >= 0.6 is 0 Å². The first-order valence-corrected chi connectivity index (χ1v) is 9.44. The van der Waals surface area contributed by atoms with Gasteiger partial charge in [0.05, 0.1) is 10.3 Å². The van der Waals surface area contributed by atoms with E-state index >= 15 is 0 Å². The molecule has 2 aliphatic rings. The van der Waals surface area contributed by atoms with E-state index in [-0.39, 0.29) is 23.9 Å². The first-order valence-electron chi connectivity index (χ1n) is 8.00. The van der Waals surface area contributed by atoms with Gasteiger partial charge in [-0.2, -0.15) is 4.31 Å². The van der Waals surface area contributed by atoms with Crippen molar-refractivity contribution >= 4 is 21.6 Å². The van der Waals surface area contributed by atoms with Crippen LogP contribution in [0.2, 0.25) is 0 Å². The molecule has 5 nitrogen and oxygen atoms in total. The number of halogens is 1. The Hall–Kier alpha value is -2.25. The molecule has 0 N–H and O–H groups in total. The number of carbonyl (C=O) groups excluding carboxylic acids is 1. The van der Waals surface area contributed by atoms with Gasteiger partial charge >= 0.3 is 0 Å². The molecule has 0 saturated carbocycles. The van der Waals surface area contributed by atoms with E-state index in [9.17, 15) is 17.6 Å². The molecule has 1 spiro atoms. The number of fused-ring (bicyclic) bond motifs is 2. The highest BCUT2D eigenvalue weighted by Crippen LogP contribution is 2.47. The molecule has 1 atom stereocenters. The minimum Gasteiger partial charge on any atom is -0.314 e. The SMILES string of the molecule is CN1C(=O)[C@]2(CCN(S(=O)(=O)c3cccc(F)c3)C2)c2ccccc21. The Bertz CT molecular complexity index is 976. The summed E-state index contributed by atoms with van der Waals surface area (Å²) < 4.78 is 40.5. The predicted octanol–water partition coefficient (Wildman–Crippen LogP) is 2.13. The fourth-order valence-corrected chi connectivity index (χ4v) is 5.40. The van der Waals surface area contributed by atoms with Crippen LogP contribution in [0.1, 0.15) is 12.0 Å². The fraction of sp³-hybridized carbons (Fsp3) is 0.278. The smallest absolute Gasteiger partial charge is 0.243 e. The van der Waals surface area contributed by atoms with Crippen molar-refractivity contribution in [3.05, 3.63) is 59.9 Å². The van der Waals surface area contributed by atoms with Crippen molar-refractivity contribution in [2.75, 3.05) is 25.0 Å². The zero-order chi connectivity index (χ0) is 17.8. The zero-order valence-corrected chi connectivity index (χ0v) is 14.5. The van der Waals surface area contributed by atoms with Gasteiger partial charge in [0, 0.05) is 25.8 Å². The monoisotopic (exact) mass is 360 g/mol. The Morgan fingerprint density at radius 1 is 1.12 bits per heavy atom. The molecular weight excluding hydrogens is 343 g/mol. The van der Waals surface area contributed by atoms with E-state index in [0.29, 0.717) is 6.42 Å². The zero-order valence-electron chi connectivity index (χ0n) is 13.6. The van der Waals surface area contributed by atoms with Crippen molar-refractivity contribution in [2.24, 2.45) is 0 Å². The normalized spacial score (nSPS) is 23.4. The second kappa shape index (κ2) is 5.37. The number of amides is 1. The van der Waals surface area contributed by atoms with Crippen molar-refractivity contribution in [3.8, 4) is 0 Å². The van der Waals surface area contributed by atoms with Gasteiger partial charge in [-0.05, 0) is 36.2 Å². The first-order chi connectivity index (χ1) is 11.9. The Morgan fingerprint density at radius 3 is 2.64 bits per heavy atom. The lowest BCUT2D eigenvalue weighted by atomic mass is 9.81. The summed E-state index contributed by atoms with van der Waals surface area (Å²) in [5, 5.41) is 0. The average Bonchev–Trinajstić information content (AvgIpc) is 3.14. The molecule has 7 heteroatoms. The number of benzene rings is 2. The van der Waals surface area contributed by atoms with E-state index in [2.05, 4.69) is 0 Å². The second-order valence-electron chi connectivity index (χ2n) is 6.51. The third-order valence-electron chi connectivity index (χ3n) is 5.16. The van der Waals surface area contributed by atoms with Crippen molar-refractivity contribution in [1.82, 2.24) is 4.31 Å². The van der Waals surface area contributed by atoms with Gasteiger partial charge in [0.2, 0.25) is 15.9 Å². The standard InChI is InChI=1S/C18H17FN2O3S/c1-20-16-8-3-2-7-15(16)18(17(20)22)9-10-21(12-18)25(23,24)14-6-4-5-13(19)11-14/h2-8,11H,9-10,12H2,1H3/t18-/m0/s1. The topological polar surface area (TPSA) is 57.7 Å². The summed E-state index contributed by atoms with van der Waals surface area (Å²) in [6, 6.07) is 12.4. The molecule has 2 aromatic carbocycles. The van der Waals surface area contributed by atoms with Crippen molar-refractivity contribution in [2.45, 2.75) is 16.7 Å². The Kier molecular flexibility index (Phi) is 3.49. The number of para-hydroxylation sites is 1. The highest BCUT2D eigenvalue weighted by atomic mass is 32.2. The molecule has 2 aromatic rings. The van der Waals surface area contributed by atoms with Crippen LogP contribution in [-0.4, -0.2) is 38.8 Å². The number of carbonyl (C=O) groups is 1. The van der Waals surface area contributed by atoms with Gasteiger partial charge in [-0.3, -0.25) is 4.79 Å². The highest BCUT2D eigenvalue weighted by molar-refractivity contribution is 7.89. The Morgan fingerprint density at radius 2 is 1.88 bits per heavy atom. The molecule has 1 fully saturated rings. The fourth-order valence-electron chi connectivity index (χ4n) is 3.87. The van der Waals surface area contributed by atoms with Gasteiger partial charge in [0.1, 0.15) is 5.82 Å². The van der Waals surface area contributed by atoms with Crippen molar-refractivity contribution < 1.29 is 17.6 Å². The van der Waals surface area contributed by atoms with E-state index in [4.69, 9.17) is 0 Å². The molecule has 0 radical (unpaired) electrons. The first kappa shape index (κ1) is 16.2. The average molecular weight is 360 g/mol. The summed E-state index contributed by atoms with van der Waals surface area (Å²) in [6.07, 6.45) is 0.418.